The summed E-state index contributed by atoms with van der Waals surface area (Å²) in [6, 6.07) is 0. The molecule has 0 atom stereocenters. The van der Waals surface area contributed by atoms with Crippen molar-refractivity contribution >= 4 is 65.3 Å². The van der Waals surface area contributed by atoms with Crippen LogP contribution < -0.4 is 0 Å². The fourth-order valence-electron chi connectivity index (χ4n) is 0. The predicted octanol–water partition coefficient (Wildman–Crippen LogP) is -0.539. The second-order valence-electron chi connectivity index (χ2n) is 0.283. The van der Waals surface area contributed by atoms with Gasteiger partial charge in [-0.3, -0.25) is 0 Å². The molecule has 0 aromatic carbocycles. The van der Waals surface area contributed by atoms with Gasteiger partial charge in [-0.15, -0.1) is 0 Å². The number of carbonyl (C=O) groups is 1. The normalized spacial score (nSPS) is 4.00. The van der Waals surface area contributed by atoms with Crippen molar-refractivity contribution in [3.8, 4) is 0 Å². The molecule has 0 unspecified atom stereocenters. The molecule has 26 valence electrons. The molecule has 0 aromatic heterocycles. The third-order valence-corrected chi connectivity index (χ3v) is 0. The molecular weight excluding hydrogens is 107 g/mol. The molecule has 0 rings (SSSR count). The van der Waals surface area contributed by atoms with Crippen molar-refractivity contribution in [2.24, 2.45) is 0 Å². The van der Waals surface area contributed by atoms with Gasteiger partial charge in [-0.1, -0.05) is 0 Å². The first-order valence-electron chi connectivity index (χ1n) is 0.651. The molecule has 0 aliphatic heterocycles. The molecule has 2 radical (unpaired) electrons. The minimum absolute atomic E-state index is 0. The van der Waals surface area contributed by atoms with E-state index in [1.807, 2.05) is 0 Å². The second kappa shape index (κ2) is 9.55. The van der Waals surface area contributed by atoms with E-state index in [1.54, 1.807) is 0 Å². The molecule has 3 nitrogen and oxygen atoms in total. The minimum Gasteiger partial charge on any atom is -0.450 e. The third-order valence-electron chi connectivity index (χ3n) is 0. The maximum absolute atomic E-state index is 8.56. The number of rotatable bonds is 0. The van der Waals surface area contributed by atoms with E-state index in [9.17, 15) is 0 Å². The first-order valence-corrected chi connectivity index (χ1v) is 0.651. The van der Waals surface area contributed by atoms with E-state index in [1.165, 1.54) is 0 Å². The average Bonchev–Trinajstić information content (AvgIpc) is 0.811. The van der Waals surface area contributed by atoms with Crippen molar-refractivity contribution in [1.29, 1.82) is 0 Å². The van der Waals surface area contributed by atoms with E-state index in [0.29, 0.717) is 0 Å². The summed E-state index contributed by atoms with van der Waals surface area (Å²) in [5.74, 6) is 0. The zero-order chi connectivity index (χ0) is 3.58. The first-order chi connectivity index (χ1) is 1.73. The molecule has 0 bridgehead atoms. The van der Waals surface area contributed by atoms with Crippen LogP contribution in [0.5, 0.6) is 0 Å². The van der Waals surface area contributed by atoms with Gasteiger partial charge in [0, 0.05) is 59.1 Å². The summed E-state index contributed by atoms with van der Waals surface area (Å²) in [6.07, 6.45) is -1.83. The van der Waals surface area contributed by atoms with Crippen LogP contribution in [0.25, 0.3) is 0 Å². The Morgan fingerprint density at radius 3 is 1.17 bits per heavy atom. The van der Waals surface area contributed by atoms with Crippen LogP contribution >= 0.6 is 0 Å². The summed E-state index contributed by atoms with van der Waals surface area (Å²) in [7, 11) is 0. The topological polar surface area (TPSA) is 57.5 Å². The fraction of sp³-hybridized carbons (Fsp3) is 0. The van der Waals surface area contributed by atoms with Crippen molar-refractivity contribution in [1.82, 2.24) is 0 Å². The molecule has 0 aliphatic rings. The van der Waals surface area contributed by atoms with Gasteiger partial charge in [0.2, 0.25) is 0 Å². The molecule has 0 spiro atoms. The van der Waals surface area contributed by atoms with Gasteiger partial charge in [0.05, 0.1) is 0 Å². The van der Waals surface area contributed by atoms with Crippen LogP contribution in [0.4, 0.5) is 4.79 Å². The molecular formula is CH2Na2O3. The summed E-state index contributed by atoms with van der Waals surface area (Å²) in [6.45, 7) is 0. The fourth-order valence-corrected chi connectivity index (χ4v) is 0. The zero-order valence-corrected chi connectivity index (χ0v) is 7.80. The second-order valence-corrected chi connectivity index (χ2v) is 0.283. The van der Waals surface area contributed by atoms with Gasteiger partial charge < -0.3 is 10.2 Å². The molecule has 0 saturated heterocycles. The molecule has 0 amide bonds. The van der Waals surface area contributed by atoms with Gasteiger partial charge in [-0.25, -0.2) is 4.79 Å². The Kier molecular flexibility index (Phi) is 25.0. The molecule has 0 aliphatic carbocycles. The molecule has 5 heteroatoms. The molecule has 6 heavy (non-hydrogen) atoms. The zero-order valence-electron chi connectivity index (χ0n) is 3.80. The Hall–Kier alpha value is 1.27. The molecule has 0 saturated carbocycles. The largest absolute Gasteiger partial charge is 0.503 e. The smallest absolute Gasteiger partial charge is 0.450 e. The number of hydrogen-bond acceptors (Lipinski definition) is 1. The maximum Gasteiger partial charge on any atom is 0.503 e. The third kappa shape index (κ3) is 59.6. The summed E-state index contributed by atoms with van der Waals surface area (Å²) in [5.41, 5.74) is 0. The van der Waals surface area contributed by atoms with Gasteiger partial charge in [-0.05, 0) is 0 Å². The van der Waals surface area contributed by atoms with Crippen molar-refractivity contribution < 1.29 is 15.0 Å². The summed E-state index contributed by atoms with van der Waals surface area (Å²) in [5, 5.41) is 13.9. The van der Waals surface area contributed by atoms with E-state index in [0.717, 1.165) is 0 Å². The van der Waals surface area contributed by atoms with Crippen LogP contribution in [0.2, 0.25) is 0 Å². The maximum atomic E-state index is 8.56. The van der Waals surface area contributed by atoms with E-state index in [-0.39, 0.29) is 59.1 Å². The van der Waals surface area contributed by atoms with Crippen LogP contribution in [-0.2, 0) is 0 Å². The predicted molar refractivity (Wildman–Crippen MR) is 22.2 cm³/mol. The van der Waals surface area contributed by atoms with Gasteiger partial charge in [0.15, 0.2) is 0 Å². The number of carboxylic acid groups (broad SMARTS) is 2. The monoisotopic (exact) mass is 109 g/mol. The summed E-state index contributed by atoms with van der Waals surface area (Å²) < 4.78 is 0. The van der Waals surface area contributed by atoms with Crippen molar-refractivity contribution in [2.75, 3.05) is 0 Å². The van der Waals surface area contributed by atoms with E-state index < -0.39 is 6.16 Å². The Morgan fingerprint density at radius 1 is 1.17 bits per heavy atom. The standard InChI is InChI=1S/CH2O3.2Na/c2-1(3)4;;/h(H2,2,3,4);;/i1+1;;. The van der Waals surface area contributed by atoms with E-state index in [2.05, 4.69) is 0 Å². The van der Waals surface area contributed by atoms with Gasteiger partial charge in [-0.2, -0.15) is 0 Å². The number of hydrogen-bond donors (Lipinski definition) is 2. The average molecular weight is 109 g/mol. The van der Waals surface area contributed by atoms with Crippen LogP contribution in [0.3, 0.4) is 0 Å². The Balaban J connectivity index is -0.0000000450. The minimum atomic E-state index is -1.83. The van der Waals surface area contributed by atoms with Crippen LogP contribution in [0, 0.1) is 0 Å². The molecule has 0 fully saturated rings. The quantitative estimate of drug-likeness (QED) is 0.324. The van der Waals surface area contributed by atoms with E-state index in [4.69, 9.17) is 15.0 Å². The Morgan fingerprint density at radius 2 is 1.17 bits per heavy atom. The first kappa shape index (κ1) is 15.7. The molecule has 2 N–H and O–H groups in total. The van der Waals surface area contributed by atoms with Gasteiger partial charge in [0.1, 0.15) is 0 Å². The summed E-state index contributed by atoms with van der Waals surface area (Å²) >= 11 is 0. The van der Waals surface area contributed by atoms with E-state index >= 15 is 0 Å². The Bertz CT molecular complexity index is 31.8. The van der Waals surface area contributed by atoms with Gasteiger partial charge >= 0.3 is 6.16 Å². The van der Waals surface area contributed by atoms with Crippen molar-refractivity contribution in [2.45, 2.75) is 0 Å². The van der Waals surface area contributed by atoms with Crippen molar-refractivity contribution in [3.63, 3.8) is 0 Å². The van der Waals surface area contributed by atoms with Crippen LogP contribution in [-0.4, -0.2) is 75.5 Å². The van der Waals surface area contributed by atoms with Crippen LogP contribution in [0.15, 0.2) is 0 Å². The van der Waals surface area contributed by atoms with Crippen LogP contribution in [0.1, 0.15) is 0 Å². The summed E-state index contributed by atoms with van der Waals surface area (Å²) in [4.78, 5) is 8.56. The molecule has 0 aromatic rings. The molecule has 0 heterocycles. The van der Waals surface area contributed by atoms with Crippen molar-refractivity contribution in [3.05, 3.63) is 0 Å². The SMILES string of the molecule is O=[13C](O)O.[Na].[Na]. The Labute approximate surface area is 79.3 Å². The van der Waals surface area contributed by atoms with Gasteiger partial charge in [0.25, 0.3) is 0 Å².